The number of benzene rings is 4. The molecule has 9 nitrogen and oxygen atoms in total. The van der Waals surface area contributed by atoms with Crippen molar-refractivity contribution < 1.29 is 49.8 Å². The molecule has 0 saturated carbocycles. The van der Waals surface area contributed by atoms with Gasteiger partial charge in [0.05, 0.1) is 5.52 Å². The van der Waals surface area contributed by atoms with E-state index in [0.29, 0.717) is 75.9 Å². The number of ether oxygens (including phenoxy) is 1. The fraction of sp³-hybridized carbons (Fsp3) is 0.357. The number of halogens is 7. The average Bonchev–Trinajstić information content (AvgIpc) is 3.98. The fourth-order valence-electron chi connectivity index (χ4n) is 8.40. The lowest BCUT2D eigenvalue weighted by atomic mass is 9.91. The van der Waals surface area contributed by atoms with Crippen molar-refractivity contribution in [2.24, 2.45) is 0 Å². The van der Waals surface area contributed by atoms with Gasteiger partial charge in [0, 0.05) is 41.4 Å². The number of alkyl halides is 5. The number of oxazole rings is 1. The zero-order chi connectivity index (χ0) is 41.0. The Hall–Kier alpha value is -5.48. The van der Waals surface area contributed by atoms with Crippen LogP contribution in [0.4, 0.5) is 30.7 Å². The van der Waals surface area contributed by atoms with Gasteiger partial charge in [-0.1, -0.05) is 30.3 Å². The molecule has 4 aromatic carbocycles. The van der Waals surface area contributed by atoms with E-state index in [1.165, 1.54) is 12.1 Å². The molecular formula is C42H38F7N5O4. The minimum atomic E-state index is -4.78. The van der Waals surface area contributed by atoms with Crippen LogP contribution in [0, 0.1) is 25.5 Å². The summed E-state index contributed by atoms with van der Waals surface area (Å²) >= 11 is 0. The van der Waals surface area contributed by atoms with Crippen molar-refractivity contribution >= 4 is 28.1 Å². The Bertz CT molecular complexity index is 2540. The maximum atomic E-state index is 15.8. The van der Waals surface area contributed by atoms with Crippen molar-refractivity contribution in [3.8, 4) is 39.7 Å². The lowest BCUT2D eigenvalue weighted by molar-refractivity contribution is -0.142. The molecule has 2 aliphatic heterocycles. The summed E-state index contributed by atoms with van der Waals surface area (Å²) in [6.07, 6.45) is -1.87. The predicted octanol–water partition coefficient (Wildman–Crippen LogP) is 9.88. The molecule has 2 aromatic heterocycles. The standard InChI is InChI=1S/C42H38F7N5O4/c1-22-26(8-5-10-28(22)38-50-31-17-25(19-52-13-3-4-14-52)35(43)36(44)37(31)54(38)21-42(47,48)49)27-9-6-11-29(23(27)2)39-51-30-16-24(20-53-15-7-12-32(53)40(55)56)33(58-41(45)46)18-34(30)57-39/h5-6,8-11,16-18,32,41H,3-4,7,12-15,19-21H2,1-2H3,(H,55,56)/t32-/m0/s1. The molecule has 6 aromatic rings. The number of imidazole rings is 1. The second kappa shape index (κ2) is 15.4. The molecule has 0 aliphatic carbocycles. The van der Waals surface area contributed by atoms with E-state index in [-0.39, 0.29) is 52.8 Å². The van der Waals surface area contributed by atoms with E-state index in [1.807, 2.05) is 11.0 Å². The van der Waals surface area contributed by atoms with Crippen molar-refractivity contribution in [1.29, 1.82) is 0 Å². The highest BCUT2D eigenvalue weighted by molar-refractivity contribution is 5.87. The smallest absolute Gasteiger partial charge is 0.406 e. The number of hydrogen-bond acceptors (Lipinski definition) is 7. The van der Waals surface area contributed by atoms with Crippen LogP contribution in [0.15, 0.2) is 59.0 Å². The Morgan fingerprint density at radius 1 is 0.862 bits per heavy atom. The summed E-state index contributed by atoms with van der Waals surface area (Å²) in [4.78, 5) is 24.6. The van der Waals surface area contributed by atoms with Gasteiger partial charge in [-0.2, -0.15) is 22.0 Å². The summed E-state index contributed by atoms with van der Waals surface area (Å²) in [5.74, 6) is -3.76. The van der Waals surface area contributed by atoms with Gasteiger partial charge in [0.1, 0.15) is 35.2 Å². The maximum absolute atomic E-state index is 15.8. The van der Waals surface area contributed by atoms with Gasteiger partial charge in [-0.15, -0.1) is 0 Å². The molecule has 0 amide bonds. The molecule has 1 atom stereocenters. The Morgan fingerprint density at radius 3 is 2.19 bits per heavy atom. The SMILES string of the molecule is Cc1c(-c2nc3cc(CN4CCC[C@H]4C(=O)O)c(OC(F)F)cc3o2)cccc1-c1cccc(-c2nc3cc(CN4CCCC4)c(F)c(F)c3n2CC(F)(F)F)c1C. The molecule has 0 radical (unpaired) electrons. The van der Waals surface area contributed by atoms with Crippen LogP contribution in [-0.2, 0) is 24.4 Å². The normalized spacial score (nSPS) is 16.8. The predicted molar refractivity (Wildman–Crippen MR) is 201 cm³/mol. The lowest BCUT2D eigenvalue weighted by Gasteiger charge is -2.22. The summed E-state index contributed by atoms with van der Waals surface area (Å²) in [6.45, 7) is 0.814. The number of rotatable bonds is 11. The molecular weight excluding hydrogens is 771 g/mol. The van der Waals surface area contributed by atoms with E-state index < -0.39 is 48.5 Å². The maximum Gasteiger partial charge on any atom is 0.406 e. The van der Waals surface area contributed by atoms with Crippen molar-refractivity contribution in [3.63, 3.8) is 0 Å². The molecule has 0 unspecified atom stereocenters. The van der Waals surface area contributed by atoms with Gasteiger partial charge in [-0.3, -0.25) is 14.6 Å². The van der Waals surface area contributed by atoms with Gasteiger partial charge in [0.25, 0.3) is 0 Å². The summed E-state index contributed by atoms with van der Waals surface area (Å²) in [6, 6.07) is 13.8. The number of carboxylic acids is 1. The number of hydrogen-bond donors (Lipinski definition) is 1. The number of fused-ring (bicyclic) bond motifs is 2. The monoisotopic (exact) mass is 809 g/mol. The first-order valence-corrected chi connectivity index (χ1v) is 18.9. The number of nitrogens with zero attached hydrogens (tertiary/aromatic N) is 5. The Kier molecular flexibility index (Phi) is 10.4. The van der Waals surface area contributed by atoms with Gasteiger partial charge in [0.2, 0.25) is 5.89 Å². The van der Waals surface area contributed by atoms with Crippen molar-refractivity contribution in [3.05, 3.63) is 88.5 Å². The molecule has 2 aliphatic rings. The topological polar surface area (TPSA) is 96.9 Å². The van der Waals surface area contributed by atoms with Crippen LogP contribution in [0.3, 0.4) is 0 Å². The summed E-state index contributed by atoms with van der Waals surface area (Å²) in [5, 5.41) is 9.66. The van der Waals surface area contributed by atoms with Crippen LogP contribution >= 0.6 is 0 Å². The first-order chi connectivity index (χ1) is 27.7. The number of carboxylic acid groups (broad SMARTS) is 1. The molecule has 1 N–H and O–H groups in total. The van der Waals surface area contributed by atoms with Crippen LogP contribution in [0.25, 0.3) is 56.1 Å². The molecule has 0 bridgehead atoms. The number of aliphatic carboxylic acids is 1. The Labute approximate surface area is 327 Å². The first-order valence-electron chi connectivity index (χ1n) is 18.9. The summed E-state index contributed by atoms with van der Waals surface area (Å²) in [5.41, 5.74) is 3.48. The minimum absolute atomic E-state index is 0.0274. The fourth-order valence-corrected chi connectivity index (χ4v) is 8.40. The van der Waals surface area contributed by atoms with E-state index in [1.54, 1.807) is 55.1 Å². The molecule has 0 spiro atoms. The van der Waals surface area contributed by atoms with Gasteiger partial charge < -0.3 is 18.8 Å². The molecule has 8 rings (SSSR count). The first kappa shape index (κ1) is 39.4. The van der Waals surface area contributed by atoms with E-state index >= 15 is 8.78 Å². The van der Waals surface area contributed by atoms with Gasteiger partial charge >= 0.3 is 18.8 Å². The number of likely N-dealkylation sites (tertiary alicyclic amines) is 2. The van der Waals surface area contributed by atoms with Crippen LogP contribution in [0.1, 0.15) is 47.9 Å². The van der Waals surface area contributed by atoms with Gasteiger partial charge in [-0.25, -0.2) is 18.7 Å². The largest absolute Gasteiger partial charge is 0.480 e. The molecule has 304 valence electrons. The summed E-state index contributed by atoms with van der Waals surface area (Å²) < 4.78 is 112. The highest BCUT2D eigenvalue weighted by atomic mass is 19.4. The Balaban J connectivity index is 1.19. The second-order valence-electron chi connectivity index (χ2n) is 14.9. The lowest BCUT2D eigenvalue weighted by Crippen LogP contribution is -2.35. The van der Waals surface area contributed by atoms with E-state index in [0.717, 1.165) is 12.8 Å². The zero-order valence-electron chi connectivity index (χ0n) is 31.5. The van der Waals surface area contributed by atoms with Crippen LogP contribution < -0.4 is 4.74 Å². The third-order valence-corrected chi connectivity index (χ3v) is 11.2. The molecule has 58 heavy (non-hydrogen) atoms. The molecule has 4 heterocycles. The highest BCUT2D eigenvalue weighted by Crippen LogP contribution is 2.40. The van der Waals surface area contributed by atoms with E-state index in [2.05, 4.69) is 9.97 Å². The van der Waals surface area contributed by atoms with Gasteiger partial charge in [-0.05, 0) is 99.6 Å². The molecule has 2 saturated heterocycles. The van der Waals surface area contributed by atoms with Crippen molar-refractivity contribution in [1.82, 2.24) is 24.3 Å². The van der Waals surface area contributed by atoms with Crippen LogP contribution in [0.5, 0.6) is 5.75 Å². The van der Waals surface area contributed by atoms with E-state index in [4.69, 9.17) is 9.15 Å². The third-order valence-electron chi connectivity index (χ3n) is 11.2. The Morgan fingerprint density at radius 2 is 1.52 bits per heavy atom. The zero-order valence-corrected chi connectivity index (χ0v) is 31.5. The van der Waals surface area contributed by atoms with Crippen molar-refractivity contribution in [2.75, 3.05) is 19.6 Å². The van der Waals surface area contributed by atoms with Crippen molar-refractivity contribution in [2.45, 2.75) is 78.0 Å². The van der Waals surface area contributed by atoms with E-state index in [9.17, 15) is 31.9 Å². The highest BCUT2D eigenvalue weighted by Gasteiger charge is 2.34. The molecule has 16 heteroatoms. The number of carbonyl (C=O) groups is 1. The minimum Gasteiger partial charge on any atom is -0.480 e. The van der Waals surface area contributed by atoms with Crippen LogP contribution in [-0.4, -0.2) is 73.9 Å². The summed E-state index contributed by atoms with van der Waals surface area (Å²) in [7, 11) is 0. The quantitative estimate of drug-likeness (QED) is 0.129. The van der Waals surface area contributed by atoms with Gasteiger partial charge in [0.15, 0.2) is 17.2 Å². The third kappa shape index (κ3) is 7.50. The average molecular weight is 810 g/mol. The van der Waals surface area contributed by atoms with Crippen LogP contribution in [0.2, 0.25) is 0 Å². The molecule has 2 fully saturated rings. The second-order valence-corrected chi connectivity index (χ2v) is 14.9. The number of aromatic nitrogens is 3.